The number of nitrogens with zero attached hydrogens (tertiary/aromatic N) is 3. The molecule has 0 radical (unpaired) electrons. The molecule has 3 saturated carbocycles. The lowest BCUT2D eigenvalue weighted by Gasteiger charge is -2.29. The number of carboxylic acids is 1. The van der Waals surface area contributed by atoms with Crippen LogP contribution in [0.5, 0.6) is 0 Å². The van der Waals surface area contributed by atoms with Crippen LogP contribution >= 0.6 is 11.3 Å². The van der Waals surface area contributed by atoms with E-state index in [0.717, 1.165) is 48.3 Å². The summed E-state index contributed by atoms with van der Waals surface area (Å²) in [4.78, 5) is 18.4. The zero-order valence-electron chi connectivity index (χ0n) is 23.2. The topological polar surface area (TPSA) is 88.7 Å². The summed E-state index contributed by atoms with van der Waals surface area (Å²) in [5, 5.41) is 14.7. The fourth-order valence-corrected chi connectivity index (χ4v) is 8.37. The number of hydrogen-bond donors (Lipinski definition) is 1. The summed E-state index contributed by atoms with van der Waals surface area (Å²) in [5.74, 6) is 0.362. The van der Waals surface area contributed by atoms with E-state index in [1.807, 2.05) is 0 Å². The molecule has 7 nitrogen and oxygen atoms in total. The number of aromatic carboxylic acids is 1. The standard InChI is InChI=1S/C31H38FN3O4S/c1-2-21-5-6-22(35(21)30-33-27-24(32)15-20(29(36)37)16-25(27)40-30)9-14-38-17-23-26(34-39-28(23)19-3-4-19)18-7-10-31(11-8-18)12-13-31/h15-16,18-19,21-22H,2-14,17H2,1H3,(H,36,37)/t21?,22-/m0/s1. The number of anilines is 1. The van der Waals surface area contributed by atoms with Gasteiger partial charge in [-0.15, -0.1) is 0 Å². The van der Waals surface area contributed by atoms with Crippen LogP contribution in [0.15, 0.2) is 16.7 Å². The van der Waals surface area contributed by atoms with Crippen LogP contribution in [-0.4, -0.2) is 39.9 Å². The number of carbonyl (C=O) groups is 1. The summed E-state index contributed by atoms with van der Waals surface area (Å²) in [6.07, 6.45) is 14.2. The number of hydrogen-bond acceptors (Lipinski definition) is 7. The van der Waals surface area contributed by atoms with E-state index in [1.54, 1.807) is 0 Å². The minimum absolute atomic E-state index is 0.0439. The Morgan fingerprint density at radius 1 is 1.12 bits per heavy atom. The van der Waals surface area contributed by atoms with E-state index in [-0.39, 0.29) is 17.1 Å². The molecular weight excluding hydrogens is 529 g/mol. The number of thiazole rings is 1. The van der Waals surface area contributed by atoms with Crippen LogP contribution in [0.1, 0.15) is 123 Å². The third-order valence-electron chi connectivity index (χ3n) is 10.0. The highest BCUT2D eigenvalue weighted by atomic mass is 32.1. The number of aromatic nitrogens is 2. The highest BCUT2D eigenvalue weighted by Crippen LogP contribution is 2.59. The Hall–Kier alpha value is -2.52. The van der Waals surface area contributed by atoms with Crippen molar-refractivity contribution in [3.8, 4) is 0 Å². The Morgan fingerprint density at radius 2 is 1.90 bits per heavy atom. The normalized spacial score (nSPS) is 24.4. The summed E-state index contributed by atoms with van der Waals surface area (Å²) in [5.41, 5.74) is 3.24. The molecule has 4 fully saturated rings. The van der Waals surface area contributed by atoms with Crippen LogP contribution < -0.4 is 4.90 Å². The van der Waals surface area contributed by atoms with Gasteiger partial charge >= 0.3 is 5.97 Å². The van der Waals surface area contributed by atoms with Crippen LogP contribution in [0.2, 0.25) is 0 Å². The number of benzene rings is 1. The van der Waals surface area contributed by atoms with Gasteiger partial charge < -0.3 is 19.3 Å². The third kappa shape index (κ3) is 4.93. The Morgan fingerprint density at radius 3 is 2.60 bits per heavy atom. The third-order valence-corrected chi connectivity index (χ3v) is 11.0. The highest BCUT2D eigenvalue weighted by Gasteiger charge is 2.46. The van der Waals surface area contributed by atoms with E-state index in [4.69, 9.17) is 9.26 Å². The second-order valence-corrected chi connectivity index (χ2v) is 13.6. The quantitative estimate of drug-likeness (QED) is 0.250. The van der Waals surface area contributed by atoms with Crippen molar-refractivity contribution in [3.05, 3.63) is 40.5 Å². The van der Waals surface area contributed by atoms with Crippen LogP contribution in [0, 0.1) is 11.2 Å². The van der Waals surface area contributed by atoms with E-state index in [0.29, 0.717) is 41.2 Å². The fraction of sp³-hybridized carbons (Fsp3) is 0.645. The van der Waals surface area contributed by atoms with Gasteiger partial charge in [-0.05, 0) is 94.6 Å². The predicted octanol–water partition coefficient (Wildman–Crippen LogP) is 7.79. The molecule has 0 amide bonds. The predicted molar refractivity (Wildman–Crippen MR) is 152 cm³/mol. The van der Waals surface area contributed by atoms with Gasteiger partial charge in [0.1, 0.15) is 11.3 Å². The summed E-state index contributed by atoms with van der Waals surface area (Å²) in [6, 6.07) is 3.18. The second kappa shape index (κ2) is 10.4. The molecule has 4 aliphatic rings. The first-order valence-electron chi connectivity index (χ1n) is 15.1. The second-order valence-electron chi connectivity index (χ2n) is 12.6. The molecule has 3 heterocycles. The monoisotopic (exact) mass is 567 g/mol. The first kappa shape index (κ1) is 26.4. The van der Waals surface area contributed by atoms with Crippen molar-refractivity contribution >= 4 is 32.7 Å². The van der Waals surface area contributed by atoms with Crippen LogP contribution in [0.25, 0.3) is 10.2 Å². The Balaban J connectivity index is 1.03. The van der Waals surface area contributed by atoms with E-state index in [2.05, 4.69) is 22.0 Å². The van der Waals surface area contributed by atoms with Gasteiger partial charge in [-0.2, -0.15) is 0 Å². The maximum absolute atomic E-state index is 14.7. The minimum atomic E-state index is -1.13. The molecule has 3 aromatic rings. The maximum Gasteiger partial charge on any atom is 0.335 e. The molecule has 1 saturated heterocycles. The lowest BCUT2D eigenvalue weighted by atomic mass is 9.77. The van der Waals surface area contributed by atoms with Gasteiger partial charge in [-0.3, -0.25) is 0 Å². The highest BCUT2D eigenvalue weighted by molar-refractivity contribution is 7.22. The first-order chi connectivity index (χ1) is 19.4. The van der Waals surface area contributed by atoms with Crippen molar-refractivity contribution in [1.29, 1.82) is 0 Å². The van der Waals surface area contributed by atoms with Crippen molar-refractivity contribution < 1.29 is 23.6 Å². The average Bonchev–Trinajstić information content (AvgIpc) is 3.79. The number of rotatable bonds is 10. The van der Waals surface area contributed by atoms with Gasteiger partial charge in [0.05, 0.1) is 22.6 Å². The lowest BCUT2D eigenvalue weighted by molar-refractivity contribution is 0.0696. The average molecular weight is 568 g/mol. The summed E-state index contributed by atoms with van der Waals surface area (Å²) < 4.78 is 27.5. The number of halogens is 1. The van der Waals surface area contributed by atoms with Crippen molar-refractivity contribution in [2.24, 2.45) is 5.41 Å². The molecular formula is C31H38FN3O4S. The summed E-state index contributed by atoms with van der Waals surface area (Å²) in [6.45, 7) is 3.36. The van der Waals surface area contributed by atoms with E-state index < -0.39 is 11.8 Å². The molecule has 9 heteroatoms. The number of carboxylic acid groups (broad SMARTS) is 1. The molecule has 1 aromatic carbocycles. The molecule has 1 aliphatic heterocycles. The van der Waals surface area contributed by atoms with Crippen LogP contribution in [0.3, 0.4) is 0 Å². The zero-order chi connectivity index (χ0) is 27.4. The van der Waals surface area contributed by atoms with E-state index >= 15 is 0 Å². The van der Waals surface area contributed by atoms with Crippen molar-refractivity contribution in [1.82, 2.24) is 10.1 Å². The van der Waals surface area contributed by atoms with Gasteiger partial charge in [0, 0.05) is 36.1 Å². The fourth-order valence-electron chi connectivity index (χ4n) is 7.21. The van der Waals surface area contributed by atoms with Crippen molar-refractivity contribution in [2.45, 2.75) is 114 Å². The number of ether oxygens (including phenoxy) is 1. The van der Waals surface area contributed by atoms with Gasteiger partial charge in [0.2, 0.25) is 0 Å². The Labute approximate surface area is 238 Å². The molecule has 7 rings (SSSR count). The molecule has 1 N–H and O–H groups in total. The largest absolute Gasteiger partial charge is 0.478 e. The van der Waals surface area contributed by atoms with Gasteiger partial charge in [-0.25, -0.2) is 14.2 Å². The zero-order valence-corrected chi connectivity index (χ0v) is 24.0. The first-order valence-corrected chi connectivity index (χ1v) is 15.9. The van der Waals surface area contributed by atoms with Crippen LogP contribution in [-0.2, 0) is 11.3 Å². The van der Waals surface area contributed by atoms with Gasteiger partial charge in [-0.1, -0.05) is 23.4 Å². The van der Waals surface area contributed by atoms with Crippen molar-refractivity contribution in [2.75, 3.05) is 11.5 Å². The maximum atomic E-state index is 14.7. The van der Waals surface area contributed by atoms with E-state index in [9.17, 15) is 14.3 Å². The van der Waals surface area contributed by atoms with Gasteiger partial charge in [0.15, 0.2) is 10.9 Å². The molecule has 0 bridgehead atoms. The minimum Gasteiger partial charge on any atom is -0.478 e. The van der Waals surface area contributed by atoms with Crippen LogP contribution in [0.4, 0.5) is 9.52 Å². The Bertz CT molecular complexity index is 1400. The molecule has 1 unspecified atom stereocenters. The lowest BCUT2D eigenvalue weighted by Crippen LogP contribution is -2.36. The van der Waals surface area contributed by atoms with Crippen molar-refractivity contribution in [3.63, 3.8) is 0 Å². The molecule has 40 heavy (non-hydrogen) atoms. The Kier molecular flexibility index (Phi) is 6.85. The summed E-state index contributed by atoms with van der Waals surface area (Å²) >= 11 is 1.38. The molecule has 2 aromatic heterocycles. The van der Waals surface area contributed by atoms with Gasteiger partial charge in [0.25, 0.3) is 0 Å². The molecule has 3 aliphatic carbocycles. The summed E-state index contributed by atoms with van der Waals surface area (Å²) in [7, 11) is 0. The molecule has 2 atom stereocenters. The molecule has 1 spiro atoms. The molecule has 214 valence electrons. The smallest absolute Gasteiger partial charge is 0.335 e. The SMILES string of the molecule is CCC1CC[C@@H](CCOCc2c(C3CCC4(CC3)CC4)noc2C2CC2)N1c1nc2c(F)cc(C(=O)O)cc2s1. The van der Waals surface area contributed by atoms with E-state index in [1.165, 1.54) is 74.3 Å². The number of fused-ring (bicyclic) bond motifs is 1.